The van der Waals surface area contributed by atoms with E-state index in [4.69, 9.17) is 0 Å². The third kappa shape index (κ3) is 3.49. The van der Waals surface area contributed by atoms with E-state index in [1.54, 1.807) is 17.0 Å². The number of aromatic nitrogens is 5. The average Bonchev–Trinajstić information content (AvgIpc) is 3.08. The number of nitrogens with one attached hydrogen (secondary N) is 1. The van der Waals surface area contributed by atoms with Gasteiger partial charge in [-0.05, 0) is 36.9 Å². The summed E-state index contributed by atoms with van der Waals surface area (Å²) in [7, 11) is 0. The van der Waals surface area contributed by atoms with Crippen molar-refractivity contribution in [3.63, 3.8) is 0 Å². The largest absolute Gasteiger partial charge is 0.309 e. The molecule has 2 aliphatic rings. The lowest BCUT2D eigenvalue weighted by atomic mass is 10.0. The minimum atomic E-state index is -0.0303. The lowest BCUT2D eigenvalue weighted by Crippen LogP contribution is -2.20. The van der Waals surface area contributed by atoms with Gasteiger partial charge in [-0.15, -0.1) is 5.10 Å². The second-order valence-electron chi connectivity index (χ2n) is 6.53. The molecule has 4 rings (SSSR count). The highest BCUT2D eigenvalue weighted by Crippen LogP contribution is 2.33. The van der Waals surface area contributed by atoms with Gasteiger partial charge in [-0.25, -0.2) is 9.97 Å². The van der Waals surface area contributed by atoms with Gasteiger partial charge in [0.1, 0.15) is 5.82 Å². The minimum Gasteiger partial charge on any atom is -0.309 e. The standard InChI is InChI=1S/C16H21N5OS/c22-15-14(17-9-10-21(15)12-6-7-12)23-16-18-13(19-20-16)8-5-11-3-1-2-4-11/h9-12H,1-8H2,(H,18,19,20). The van der Waals surface area contributed by atoms with Gasteiger partial charge in [0.25, 0.3) is 5.56 Å². The van der Waals surface area contributed by atoms with Gasteiger partial charge in [-0.1, -0.05) is 25.7 Å². The van der Waals surface area contributed by atoms with Crippen molar-refractivity contribution in [1.29, 1.82) is 0 Å². The van der Waals surface area contributed by atoms with E-state index in [9.17, 15) is 4.79 Å². The summed E-state index contributed by atoms with van der Waals surface area (Å²) in [5, 5.41) is 8.27. The summed E-state index contributed by atoms with van der Waals surface area (Å²) in [5.74, 6) is 1.76. The van der Waals surface area contributed by atoms with Crippen LogP contribution in [0, 0.1) is 5.92 Å². The van der Waals surface area contributed by atoms with Gasteiger partial charge in [0.2, 0.25) is 5.16 Å². The minimum absolute atomic E-state index is 0.0303. The van der Waals surface area contributed by atoms with Crippen molar-refractivity contribution in [3.8, 4) is 0 Å². The number of aromatic amines is 1. The first-order valence-corrected chi connectivity index (χ1v) is 9.27. The second kappa shape index (κ2) is 6.47. The van der Waals surface area contributed by atoms with E-state index >= 15 is 0 Å². The molecule has 2 saturated carbocycles. The van der Waals surface area contributed by atoms with Crippen LogP contribution in [0.25, 0.3) is 0 Å². The highest BCUT2D eigenvalue weighted by Gasteiger charge is 2.25. The highest BCUT2D eigenvalue weighted by molar-refractivity contribution is 7.99. The number of nitrogens with zero attached hydrogens (tertiary/aromatic N) is 4. The molecule has 0 saturated heterocycles. The molecule has 7 heteroatoms. The van der Waals surface area contributed by atoms with Gasteiger partial charge in [0.15, 0.2) is 5.03 Å². The number of H-pyrrole nitrogens is 1. The van der Waals surface area contributed by atoms with Crippen molar-refractivity contribution in [1.82, 2.24) is 24.7 Å². The SMILES string of the molecule is O=c1c(Sc2n[nH]c(CCC3CCCC3)n2)nccn1C1CC1. The first-order valence-electron chi connectivity index (χ1n) is 8.46. The quantitative estimate of drug-likeness (QED) is 0.880. The Kier molecular flexibility index (Phi) is 4.20. The molecule has 2 aromatic rings. The fourth-order valence-electron chi connectivity index (χ4n) is 3.28. The Balaban J connectivity index is 1.41. The van der Waals surface area contributed by atoms with Crippen LogP contribution in [-0.2, 0) is 6.42 Å². The molecule has 0 radical (unpaired) electrons. The summed E-state index contributed by atoms with van der Waals surface area (Å²) in [6.45, 7) is 0. The maximum atomic E-state index is 12.4. The van der Waals surface area contributed by atoms with Gasteiger partial charge in [0.05, 0.1) is 0 Å². The maximum Gasteiger partial charge on any atom is 0.283 e. The second-order valence-corrected chi connectivity index (χ2v) is 7.49. The zero-order chi connectivity index (χ0) is 15.6. The van der Waals surface area contributed by atoms with E-state index in [0.717, 1.165) is 31.0 Å². The maximum absolute atomic E-state index is 12.4. The molecule has 0 amide bonds. The molecule has 0 spiro atoms. The topological polar surface area (TPSA) is 76.5 Å². The molecule has 2 fully saturated rings. The molecular formula is C16H21N5OS. The van der Waals surface area contributed by atoms with E-state index in [2.05, 4.69) is 20.2 Å². The van der Waals surface area contributed by atoms with Gasteiger partial charge in [0, 0.05) is 24.9 Å². The van der Waals surface area contributed by atoms with Crippen molar-refractivity contribution in [3.05, 3.63) is 28.6 Å². The molecule has 0 aliphatic heterocycles. The van der Waals surface area contributed by atoms with Gasteiger partial charge < -0.3 is 4.57 Å². The molecule has 0 aromatic carbocycles. The fraction of sp³-hybridized carbons (Fsp3) is 0.625. The Labute approximate surface area is 139 Å². The Morgan fingerprint density at radius 3 is 2.87 bits per heavy atom. The van der Waals surface area contributed by atoms with Crippen molar-refractivity contribution in [2.24, 2.45) is 5.92 Å². The third-order valence-electron chi connectivity index (χ3n) is 4.74. The number of hydrogen-bond acceptors (Lipinski definition) is 5. The van der Waals surface area contributed by atoms with Crippen LogP contribution in [0.1, 0.15) is 56.8 Å². The van der Waals surface area contributed by atoms with E-state index in [1.165, 1.54) is 43.9 Å². The van der Waals surface area contributed by atoms with Gasteiger partial charge in [-0.2, -0.15) is 0 Å². The highest BCUT2D eigenvalue weighted by atomic mass is 32.2. The van der Waals surface area contributed by atoms with Crippen LogP contribution in [0.3, 0.4) is 0 Å². The normalized spacial score (nSPS) is 18.6. The lowest BCUT2D eigenvalue weighted by molar-refractivity contribution is 0.497. The van der Waals surface area contributed by atoms with E-state index in [0.29, 0.717) is 16.2 Å². The van der Waals surface area contributed by atoms with Crippen LogP contribution in [0.5, 0.6) is 0 Å². The van der Waals surface area contributed by atoms with Gasteiger partial charge in [-0.3, -0.25) is 9.89 Å². The Morgan fingerprint density at radius 2 is 2.09 bits per heavy atom. The zero-order valence-corrected chi connectivity index (χ0v) is 13.9. The van der Waals surface area contributed by atoms with E-state index in [-0.39, 0.29) is 5.56 Å². The summed E-state index contributed by atoms with van der Waals surface area (Å²) in [6.07, 6.45) is 13.2. The molecule has 23 heavy (non-hydrogen) atoms. The fourth-order valence-corrected chi connectivity index (χ4v) is 4.00. The monoisotopic (exact) mass is 331 g/mol. The first kappa shape index (κ1) is 14.9. The predicted octanol–water partition coefficient (Wildman–Crippen LogP) is 2.97. The number of aryl methyl sites for hydroxylation is 1. The zero-order valence-electron chi connectivity index (χ0n) is 13.1. The number of hydrogen-bond donors (Lipinski definition) is 1. The molecule has 2 heterocycles. The molecule has 0 unspecified atom stereocenters. The van der Waals surface area contributed by atoms with Crippen LogP contribution in [0.4, 0.5) is 0 Å². The Morgan fingerprint density at radius 1 is 1.26 bits per heavy atom. The molecule has 0 bridgehead atoms. The number of rotatable bonds is 6. The van der Waals surface area contributed by atoms with Crippen molar-refractivity contribution < 1.29 is 0 Å². The van der Waals surface area contributed by atoms with Crippen LogP contribution >= 0.6 is 11.8 Å². The molecule has 6 nitrogen and oxygen atoms in total. The summed E-state index contributed by atoms with van der Waals surface area (Å²) < 4.78 is 1.78. The molecular weight excluding hydrogens is 310 g/mol. The summed E-state index contributed by atoms with van der Waals surface area (Å²) in [5.41, 5.74) is -0.0303. The predicted molar refractivity (Wildman–Crippen MR) is 87.6 cm³/mol. The molecule has 122 valence electrons. The molecule has 0 atom stereocenters. The van der Waals surface area contributed by atoms with Crippen LogP contribution in [0.2, 0.25) is 0 Å². The van der Waals surface area contributed by atoms with Crippen molar-refractivity contribution in [2.75, 3.05) is 0 Å². The molecule has 1 N–H and O–H groups in total. The summed E-state index contributed by atoms with van der Waals surface area (Å²) >= 11 is 1.25. The van der Waals surface area contributed by atoms with Gasteiger partial charge >= 0.3 is 0 Å². The Bertz CT molecular complexity index is 730. The first-order chi connectivity index (χ1) is 11.3. The van der Waals surface area contributed by atoms with Crippen LogP contribution in [-0.4, -0.2) is 24.7 Å². The summed E-state index contributed by atoms with van der Waals surface area (Å²) in [4.78, 5) is 21.1. The van der Waals surface area contributed by atoms with E-state index in [1.807, 2.05) is 0 Å². The Hall–Kier alpha value is -1.63. The smallest absolute Gasteiger partial charge is 0.283 e. The van der Waals surface area contributed by atoms with Crippen LogP contribution < -0.4 is 5.56 Å². The lowest BCUT2D eigenvalue weighted by Gasteiger charge is -2.05. The summed E-state index contributed by atoms with van der Waals surface area (Å²) in [6, 6.07) is 0.360. The van der Waals surface area contributed by atoms with Crippen molar-refractivity contribution >= 4 is 11.8 Å². The molecule has 2 aliphatic carbocycles. The third-order valence-corrected chi connectivity index (χ3v) is 5.58. The van der Waals surface area contributed by atoms with Crippen LogP contribution in [0.15, 0.2) is 27.4 Å². The molecule has 2 aromatic heterocycles. The van der Waals surface area contributed by atoms with E-state index < -0.39 is 0 Å². The average molecular weight is 331 g/mol. The van der Waals surface area contributed by atoms with Crippen molar-refractivity contribution in [2.45, 2.75) is 67.6 Å².